The van der Waals surface area contributed by atoms with E-state index in [4.69, 9.17) is 0 Å². The molecule has 0 bridgehead atoms. The first-order chi connectivity index (χ1) is 6.59. The molecule has 2 rings (SSSR count). The second kappa shape index (κ2) is 3.02. The van der Waals surface area contributed by atoms with Crippen molar-refractivity contribution in [2.45, 2.75) is 27.0 Å². The minimum atomic E-state index is -0.677. The minimum absolute atomic E-state index is 0.628. The molecule has 1 N–H and O–H groups in total. The van der Waals surface area contributed by atoms with Crippen molar-refractivity contribution in [3.8, 4) is 0 Å². The lowest BCUT2D eigenvalue weighted by atomic mass is 10.3. The van der Waals surface area contributed by atoms with Gasteiger partial charge in [0.25, 0.3) is 0 Å². The molecular formula is C9H12N4O. The second-order valence-corrected chi connectivity index (χ2v) is 3.32. The van der Waals surface area contributed by atoms with Gasteiger partial charge >= 0.3 is 0 Å². The molecular weight excluding hydrogens is 180 g/mol. The van der Waals surface area contributed by atoms with Gasteiger partial charge < -0.3 is 5.11 Å². The molecule has 5 heteroatoms. The number of fused-ring (bicyclic) bond motifs is 1. The molecule has 0 aliphatic heterocycles. The average molecular weight is 192 g/mol. The van der Waals surface area contributed by atoms with Crippen LogP contribution >= 0.6 is 0 Å². The smallest absolute Gasteiger partial charge is 0.179 e. The van der Waals surface area contributed by atoms with Gasteiger partial charge in [0.05, 0.1) is 17.6 Å². The lowest BCUT2D eigenvalue weighted by Crippen LogP contribution is -2.07. The molecule has 2 heterocycles. The number of aliphatic hydroxyl groups is 1. The molecule has 5 nitrogen and oxygen atoms in total. The first-order valence-corrected chi connectivity index (χ1v) is 4.46. The van der Waals surface area contributed by atoms with E-state index in [1.165, 1.54) is 4.68 Å². The summed E-state index contributed by atoms with van der Waals surface area (Å²) in [5, 5.41) is 13.4. The molecule has 0 aliphatic carbocycles. The average Bonchev–Trinajstić information content (AvgIpc) is 2.48. The molecule has 0 saturated carbocycles. The van der Waals surface area contributed by atoms with E-state index in [0.29, 0.717) is 11.2 Å². The van der Waals surface area contributed by atoms with Crippen LogP contribution in [-0.2, 0) is 0 Å². The molecule has 0 amide bonds. The predicted octanol–water partition coefficient (Wildman–Crippen LogP) is 0.954. The number of aromatic nitrogens is 4. The Hall–Kier alpha value is -1.49. The Labute approximate surface area is 81.4 Å². The lowest BCUT2D eigenvalue weighted by molar-refractivity contribution is 0.115. The monoisotopic (exact) mass is 192 g/mol. The normalized spacial score (nSPS) is 13.4. The molecule has 14 heavy (non-hydrogen) atoms. The molecule has 0 aliphatic rings. The number of aryl methyl sites for hydroxylation is 2. The highest BCUT2D eigenvalue weighted by molar-refractivity contribution is 5.69. The Morgan fingerprint density at radius 1 is 1.29 bits per heavy atom. The maximum Gasteiger partial charge on any atom is 0.179 e. The fourth-order valence-corrected chi connectivity index (χ4v) is 1.31. The number of rotatable bonds is 1. The third kappa shape index (κ3) is 1.26. The zero-order valence-electron chi connectivity index (χ0n) is 8.39. The minimum Gasteiger partial charge on any atom is -0.372 e. The summed E-state index contributed by atoms with van der Waals surface area (Å²) in [5.74, 6) is 0. The summed E-state index contributed by atoms with van der Waals surface area (Å²) >= 11 is 0. The summed E-state index contributed by atoms with van der Waals surface area (Å²) in [6.45, 7) is 5.44. The number of hydrogen-bond acceptors (Lipinski definition) is 4. The standard InChI is InChI=1S/C9H12N4O/c1-5-6(2)12-9-8(11-5)4-10-13(9)7(3)14/h4,7,14H,1-3H3. The van der Waals surface area contributed by atoms with Crippen LogP contribution in [0, 0.1) is 13.8 Å². The summed E-state index contributed by atoms with van der Waals surface area (Å²) in [6, 6.07) is 0. The molecule has 0 spiro atoms. The van der Waals surface area contributed by atoms with Gasteiger partial charge in [0.2, 0.25) is 0 Å². The summed E-state index contributed by atoms with van der Waals surface area (Å²) in [7, 11) is 0. The molecule has 2 aromatic rings. The Balaban J connectivity index is 2.74. The fourth-order valence-electron chi connectivity index (χ4n) is 1.31. The highest BCUT2D eigenvalue weighted by Gasteiger charge is 2.10. The van der Waals surface area contributed by atoms with Crippen LogP contribution in [-0.4, -0.2) is 24.9 Å². The van der Waals surface area contributed by atoms with Gasteiger partial charge in [0, 0.05) is 0 Å². The van der Waals surface area contributed by atoms with Crippen LogP contribution in [0.25, 0.3) is 11.2 Å². The zero-order chi connectivity index (χ0) is 10.3. The molecule has 0 aromatic carbocycles. The Morgan fingerprint density at radius 2 is 1.93 bits per heavy atom. The van der Waals surface area contributed by atoms with E-state index in [9.17, 15) is 5.11 Å². The number of aliphatic hydroxyl groups excluding tert-OH is 1. The van der Waals surface area contributed by atoms with Crippen LogP contribution in [0.1, 0.15) is 24.5 Å². The number of nitrogens with zero attached hydrogens (tertiary/aromatic N) is 4. The van der Waals surface area contributed by atoms with Crippen molar-refractivity contribution in [3.05, 3.63) is 17.6 Å². The van der Waals surface area contributed by atoms with Crippen LogP contribution in [0.5, 0.6) is 0 Å². The van der Waals surface area contributed by atoms with Gasteiger partial charge in [-0.1, -0.05) is 0 Å². The largest absolute Gasteiger partial charge is 0.372 e. The molecule has 74 valence electrons. The number of hydrogen-bond donors (Lipinski definition) is 1. The third-order valence-electron chi connectivity index (χ3n) is 2.19. The van der Waals surface area contributed by atoms with Crippen molar-refractivity contribution in [2.75, 3.05) is 0 Å². The van der Waals surface area contributed by atoms with Gasteiger partial charge in [-0.3, -0.25) is 0 Å². The zero-order valence-corrected chi connectivity index (χ0v) is 8.39. The SMILES string of the molecule is Cc1nc2cnn(C(C)O)c2nc1C. The topological polar surface area (TPSA) is 63.8 Å². The first-order valence-electron chi connectivity index (χ1n) is 4.46. The van der Waals surface area contributed by atoms with E-state index < -0.39 is 6.23 Å². The Morgan fingerprint density at radius 3 is 2.57 bits per heavy atom. The van der Waals surface area contributed by atoms with E-state index in [1.54, 1.807) is 13.1 Å². The van der Waals surface area contributed by atoms with Crippen LogP contribution in [0.4, 0.5) is 0 Å². The van der Waals surface area contributed by atoms with Crippen LogP contribution in [0.3, 0.4) is 0 Å². The summed E-state index contributed by atoms with van der Waals surface area (Å²) in [5.41, 5.74) is 3.10. The molecule has 0 saturated heterocycles. The second-order valence-electron chi connectivity index (χ2n) is 3.32. The van der Waals surface area contributed by atoms with E-state index in [2.05, 4.69) is 15.1 Å². The molecule has 1 atom stereocenters. The van der Waals surface area contributed by atoms with E-state index in [1.807, 2.05) is 13.8 Å². The summed E-state index contributed by atoms with van der Waals surface area (Å²) in [4.78, 5) is 8.66. The van der Waals surface area contributed by atoms with Gasteiger partial charge in [0.15, 0.2) is 5.65 Å². The van der Waals surface area contributed by atoms with Crippen LogP contribution in [0.15, 0.2) is 6.20 Å². The highest BCUT2D eigenvalue weighted by Crippen LogP contribution is 2.14. The van der Waals surface area contributed by atoms with Crippen molar-refractivity contribution >= 4 is 11.2 Å². The van der Waals surface area contributed by atoms with Gasteiger partial charge in [-0.15, -0.1) is 0 Å². The van der Waals surface area contributed by atoms with Gasteiger partial charge in [-0.05, 0) is 20.8 Å². The van der Waals surface area contributed by atoms with Crippen molar-refractivity contribution in [3.63, 3.8) is 0 Å². The lowest BCUT2D eigenvalue weighted by Gasteiger charge is -2.05. The van der Waals surface area contributed by atoms with Crippen LogP contribution in [0.2, 0.25) is 0 Å². The van der Waals surface area contributed by atoms with Crippen LogP contribution < -0.4 is 0 Å². The Kier molecular flexibility index (Phi) is 1.96. The molecule has 1 unspecified atom stereocenters. The van der Waals surface area contributed by atoms with Gasteiger partial charge in [0.1, 0.15) is 11.7 Å². The third-order valence-corrected chi connectivity index (χ3v) is 2.19. The fraction of sp³-hybridized carbons (Fsp3) is 0.444. The van der Waals surface area contributed by atoms with Crippen molar-refractivity contribution in [2.24, 2.45) is 0 Å². The Bertz CT molecular complexity index is 475. The van der Waals surface area contributed by atoms with E-state index in [-0.39, 0.29) is 0 Å². The van der Waals surface area contributed by atoms with Crippen molar-refractivity contribution in [1.29, 1.82) is 0 Å². The van der Waals surface area contributed by atoms with Crippen molar-refractivity contribution in [1.82, 2.24) is 19.7 Å². The molecule has 2 aromatic heterocycles. The summed E-state index contributed by atoms with van der Waals surface area (Å²) < 4.78 is 1.45. The highest BCUT2D eigenvalue weighted by atomic mass is 16.3. The van der Waals surface area contributed by atoms with Gasteiger partial charge in [-0.2, -0.15) is 5.10 Å². The predicted molar refractivity (Wildman–Crippen MR) is 51.7 cm³/mol. The molecule has 0 radical (unpaired) electrons. The van der Waals surface area contributed by atoms with Gasteiger partial charge in [-0.25, -0.2) is 14.6 Å². The van der Waals surface area contributed by atoms with E-state index in [0.717, 1.165) is 11.4 Å². The molecule has 0 fully saturated rings. The van der Waals surface area contributed by atoms with E-state index >= 15 is 0 Å². The van der Waals surface area contributed by atoms with Crippen molar-refractivity contribution < 1.29 is 5.11 Å². The quantitative estimate of drug-likeness (QED) is 0.730. The maximum atomic E-state index is 9.40. The first kappa shape index (κ1) is 9.08. The summed E-state index contributed by atoms with van der Waals surface area (Å²) in [6.07, 6.45) is 0.936. The maximum absolute atomic E-state index is 9.40.